The van der Waals surface area contributed by atoms with Crippen LogP contribution >= 0.6 is 11.6 Å². The lowest BCUT2D eigenvalue weighted by Crippen LogP contribution is -2.23. The van der Waals surface area contributed by atoms with Crippen LogP contribution in [-0.4, -0.2) is 22.0 Å². The van der Waals surface area contributed by atoms with Gasteiger partial charge in [0.15, 0.2) is 5.82 Å². The zero-order chi connectivity index (χ0) is 18.5. The summed E-state index contributed by atoms with van der Waals surface area (Å²) in [5.74, 6) is -0.382. The third-order valence-corrected chi connectivity index (χ3v) is 4.04. The van der Waals surface area contributed by atoms with E-state index in [4.69, 9.17) is 11.6 Å². The first-order chi connectivity index (χ1) is 12.5. The Morgan fingerprint density at radius 1 is 1.08 bits per heavy atom. The highest BCUT2D eigenvalue weighted by Crippen LogP contribution is 2.17. The van der Waals surface area contributed by atoms with Crippen molar-refractivity contribution < 1.29 is 9.59 Å². The number of rotatable bonds is 5. The fourth-order valence-electron chi connectivity index (χ4n) is 2.40. The number of halogens is 1. The molecule has 6 nitrogen and oxygen atoms in total. The van der Waals surface area contributed by atoms with Crippen LogP contribution in [0.25, 0.3) is 0 Å². The third-order valence-electron chi connectivity index (χ3n) is 3.80. The quantitative estimate of drug-likeness (QED) is 0.643. The fraction of sp³-hybridized carbons (Fsp3) is 0.105. The third kappa shape index (κ3) is 4.29. The van der Waals surface area contributed by atoms with Crippen LogP contribution in [0.5, 0.6) is 0 Å². The van der Waals surface area contributed by atoms with Crippen molar-refractivity contribution >= 4 is 29.2 Å². The number of carbonyl (C=O) groups excluding carboxylic acids is 2. The van der Waals surface area contributed by atoms with Gasteiger partial charge in [0.05, 0.1) is 0 Å². The van der Waals surface area contributed by atoms with E-state index in [1.54, 1.807) is 18.2 Å². The van der Waals surface area contributed by atoms with Crippen molar-refractivity contribution in [3.8, 4) is 0 Å². The molecule has 2 amide bonds. The SMILES string of the molecule is Cc1ccc(Cl)cc1C(=O)Nc1cc(C(=O)NCc2ccccc2)[nH]n1. The first-order valence-corrected chi connectivity index (χ1v) is 8.36. The van der Waals surface area contributed by atoms with Crippen molar-refractivity contribution in [3.63, 3.8) is 0 Å². The summed E-state index contributed by atoms with van der Waals surface area (Å²) >= 11 is 5.94. The number of hydrogen-bond acceptors (Lipinski definition) is 3. The molecule has 0 aliphatic heterocycles. The van der Waals surface area contributed by atoms with E-state index in [9.17, 15) is 9.59 Å². The van der Waals surface area contributed by atoms with Crippen LogP contribution in [0, 0.1) is 6.92 Å². The first kappa shape index (κ1) is 17.7. The van der Waals surface area contributed by atoms with Crippen molar-refractivity contribution in [1.29, 1.82) is 0 Å². The highest BCUT2D eigenvalue weighted by Gasteiger charge is 2.14. The lowest BCUT2D eigenvalue weighted by atomic mass is 10.1. The predicted octanol–water partition coefficient (Wildman–Crippen LogP) is 3.55. The summed E-state index contributed by atoms with van der Waals surface area (Å²) in [6.45, 7) is 2.22. The number of nitrogens with one attached hydrogen (secondary N) is 3. The molecule has 0 aliphatic carbocycles. The Labute approximate surface area is 155 Å². The van der Waals surface area contributed by atoms with Crippen LogP contribution in [0.4, 0.5) is 5.82 Å². The van der Waals surface area contributed by atoms with Gasteiger partial charge in [0.1, 0.15) is 5.69 Å². The molecule has 0 atom stereocenters. The van der Waals surface area contributed by atoms with Gasteiger partial charge >= 0.3 is 0 Å². The number of amides is 2. The summed E-state index contributed by atoms with van der Waals surface area (Å²) < 4.78 is 0. The Balaban J connectivity index is 1.63. The van der Waals surface area contributed by atoms with Gasteiger partial charge in [0.2, 0.25) is 0 Å². The Morgan fingerprint density at radius 3 is 2.62 bits per heavy atom. The molecule has 3 N–H and O–H groups in total. The van der Waals surface area contributed by atoms with Crippen molar-refractivity contribution in [1.82, 2.24) is 15.5 Å². The van der Waals surface area contributed by atoms with Gasteiger partial charge in [-0.2, -0.15) is 5.10 Å². The normalized spacial score (nSPS) is 10.4. The first-order valence-electron chi connectivity index (χ1n) is 7.98. The number of carbonyl (C=O) groups is 2. The Bertz CT molecular complexity index is 938. The van der Waals surface area contributed by atoms with Gasteiger partial charge in [0, 0.05) is 23.2 Å². The minimum absolute atomic E-state index is 0.263. The van der Waals surface area contributed by atoms with Gasteiger partial charge in [0.25, 0.3) is 11.8 Å². The summed E-state index contributed by atoms with van der Waals surface area (Å²) in [5.41, 5.74) is 2.50. The molecular weight excluding hydrogens is 352 g/mol. The average Bonchev–Trinajstić information content (AvgIpc) is 3.11. The van der Waals surface area contributed by atoms with E-state index in [-0.39, 0.29) is 23.3 Å². The monoisotopic (exact) mass is 368 g/mol. The highest BCUT2D eigenvalue weighted by atomic mass is 35.5. The number of aromatic nitrogens is 2. The maximum absolute atomic E-state index is 12.4. The molecule has 1 heterocycles. The van der Waals surface area contributed by atoms with Crippen LogP contribution in [-0.2, 0) is 6.54 Å². The second-order valence-electron chi connectivity index (χ2n) is 5.75. The van der Waals surface area contributed by atoms with E-state index in [2.05, 4.69) is 20.8 Å². The van der Waals surface area contributed by atoms with E-state index in [1.807, 2.05) is 37.3 Å². The zero-order valence-corrected chi connectivity index (χ0v) is 14.8. The van der Waals surface area contributed by atoms with E-state index in [0.29, 0.717) is 17.1 Å². The topological polar surface area (TPSA) is 86.9 Å². The zero-order valence-electron chi connectivity index (χ0n) is 14.0. The summed E-state index contributed by atoms with van der Waals surface area (Å²) in [5, 5.41) is 12.5. The van der Waals surface area contributed by atoms with E-state index in [1.165, 1.54) is 6.07 Å². The lowest BCUT2D eigenvalue weighted by molar-refractivity contribution is 0.0945. The number of aromatic amines is 1. The van der Waals surface area contributed by atoms with Gasteiger partial charge in [-0.15, -0.1) is 0 Å². The van der Waals surface area contributed by atoms with E-state index in [0.717, 1.165) is 11.1 Å². The van der Waals surface area contributed by atoms with Crippen LogP contribution in [0.1, 0.15) is 32.0 Å². The number of benzene rings is 2. The predicted molar refractivity (Wildman–Crippen MR) is 100 cm³/mol. The molecule has 0 saturated carbocycles. The van der Waals surface area contributed by atoms with Gasteiger partial charge in [-0.25, -0.2) is 0 Å². The fourth-order valence-corrected chi connectivity index (χ4v) is 2.57. The van der Waals surface area contributed by atoms with Crippen LogP contribution in [0.3, 0.4) is 0 Å². The summed E-state index contributed by atoms with van der Waals surface area (Å²) in [6.07, 6.45) is 0. The number of aryl methyl sites for hydroxylation is 1. The molecule has 0 unspecified atom stereocenters. The standard InChI is InChI=1S/C19H17ClN4O2/c1-12-7-8-14(20)9-15(12)18(25)22-17-10-16(23-24-17)19(26)21-11-13-5-3-2-4-6-13/h2-10H,11H2,1H3,(H,21,26)(H2,22,23,24,25). The van der Waals surface area contributed by atoms with Crippen LogP contribution in [0.2, 0.25) is 5.02 Å². The maximum atomic E-state index is 12.4. The summed E-state index contributed by atoms with van der Waals surface area (Å²) in [4.78, 5) is 24.5. The average molecular weight is 369 g/mol. The number of H-pyrrole nitrogens is 1. The molecule has 3 rings (SSSR count). The molecule has 7 heteroatoms. The van der Waals surface area contributed by atoms with Crippen molar-refractivity contribution in [2.24, 2.45) is 0 Å². The van der Waals surface area contributed by atoms with Gasteiger partial charge in [-0.05, 0) is 30.2 Å². The maximum Gasteiger partial charge on any atom is 0.269 e. The largest absolute Gasteiger partial charge is 0.347 e. The second kappa shape index (κ2) is 7.84. The molecule has 132 valence electrons. The van der Waals surface area contributed by atoms with Crippen LogP contribution in [0.15, 0.2) is 54.6 Å². The van der Waals surface area contributed by atoms with Gasteiger partial charge in [-0.3, -0.25) is 14.7 Å². The van der Waals surface area contributed by atoms with Gasteiger partial charge < -0.3 is 10.6 Å². The lowest BCUT2D eigenvalue weighted by Gasteiger charge is -2.05. The summed E-state index contributed by atoms with van der Waals surface area (Å²) in [6, 6.07) is 16.1. The minimum atomic E-state index is -0.340. The second-order valence-corrected chi connectivity index (χ2v) is 6.18. The Kier molecular flexibility index (Phi) is 5.34. The highest BCUT2D eigenvalue weighted by molar-refractivity contribution is 6.31. The smallest absolute Gasteiger partial charge is 0.269 e. The molecule has 0 saturated heterocycles. The molecule has 0 bridgehead atoms. The van der Waals surface area contributed by atoms with Crippen molar-refractivity contribution in [2.75, 3.05) is 5.32 Å². The number of nitrogens with zero attached hydrogens (tertiary/aromatic N) is 1. The van der Waals surface area contributed by atoms with Gasteiger partial charge in [-0.1, -0.05) is 48.0 Å². The van der Waals surface area contributed by atoms with Crippen LogP contribution < -0.4 is 10.6 Å². The molecule has 0 radical (unpaired) electrons. The molecular formula is C19H17ClN4O2. The molecule has 0 aliphatic rings. The Morgan fingerprint density at radius 2 is 1.85 bits per heavy atom. The molecule has 1 aromatic heterocycles. The van der Waals surface area contributed by atoms with Crippen molar-refractivity contribution in [3.05, 3.63) is 82.0 Å². The van der Waals surface area contributed by atoms with E-state index >= 15 is 0 Å². The minimum Gasteiger partial charge on any atom is -0.347 e. The molecule has 26 heavy (non-hydrogen) atoms. The molecule has 2 aromatic carbocycles. The van der Waals surface area contributed by atoms with E-state index < -0.39 is 0 Å². The number of anilines is 1. The Hall–Kier alpha value is -3.12. The molecule has 0 fully saturated rings. The number of hydrogen-bond donors (Lipinski definition) is 3. The summed E-state index contributed by atoms with van der Waals surface area (Å²) in [7, 11) is 0. The van der Waals surface area contributed by atoms with Crippen molar-refractivity contribution in [2.45, 2.75) is 13.5 Å². The molecule has 0 spiro atoms. The molecule has 3 aromatic rings.